The number of piperidine rings is 1. The molecular weight excluding hydrogens is 1080 g/mol. The topological polar surface area (TPSA) is 341 Å². The largest absolute Gasteiger partial charge is 0.507 e. The molecule has 446 valence electrons. The fourth-order valence-corrected chi connectivity index (χ4v) is 12.2. The number of carbonyl (C=O) groups excluding carboxylic acids is 6. The van der Waals surface area contributed by atoms with Crippen LogP contribution in [-0.2, 0) is 28.6 Å². The number of aromatic carboxylic acids is 1. The third kappa shape index (κ3) is 11.4. The summed E-state index contributed by atoms with van der Waals surface area (Å²) in [5.74, 6) is -10.9. The van der Waals surface area contributed by atoms with Gasteiger partial charge in [0.2, 0.25) is 23.3 Å². The van der Waals surface area contributed by atoms with Gasteiger partial charge in [0.25, 0.3) is 17.3 Å². The molecule has 9 atom stereocenters. The number of hydrogen-bond donors (Lipinski definition) is 8. The first-order valence-electron chi connectivity index (χ1n) is 28.0. The van der Waals surface area contributed by atoms with Crippen molar-refractivity contribution in [2.24, 2.45) is 29.2 Å². The molecule has 1 aromatic carbocycles. The molecule has 10 N–H and O–H groups in total. The number of carboxylic acid groups (broad SMARTS) is 1. The number of nitrogens with one attached hydrogen (secondary N) is 2. The van der Waals surface area contributed by atoms with Gasteiger partial charge in [-0.1, -0.05) is 25.2 Å². The second kappa shape index (κ2) is 23.7. The number of phenols is 1. The quantitative estimate of drug-likeness (QED) is 0.143. The summed E-state index contributed by atoms with van der Waals surface area (Å²) in [7, 11) is 1.38. The van der Waals surface area contributed by atoms with Crippen LogP contribution in [0.1, 0.15) is 137 Å². The lowest BCUT2D eigenvalue weighted by Crippen LogP contribution is -2.59. The number of hydrogen-bond acceptors (Lipinski definition) is 19. The highest BCUT2D eigenvalue weighted by atomic mass is 19.1. The summed E-state index contributed by atoms with van der Waals surface area (Å²) in [4.78, 5) is 114. The lowest BCUT2D eigenvalue weighted by molar-refractivity contribution is -0.153. The lowest BCUT2D eigenvalue weighted by atomic mass is 9.81. The van der Waals surface area contributed by atoms with E-state index in [-0.39, 0.29) is 97.8 Å². The third-order valence-electron chi connectivity index (χ3n) is 17.2. The molecule has 0 radical (unpaired) electrons. The van der Waals surface area contributed by atoms with Gasteiger partial charge in [0, 0.05) is 83.1 Å². The van der Waals surface area contributed by atoms with Crippen LogP contribution in [0.2, 0.25) is 0 Å². The molecule has 1 unspecified atom stereocenters. The van der Waals surface area contributed by atoms with Crippen LogP contribution < -0.4 is 37.3 Å². The van der Waals surface area contributed by atoms with Crippen LogP contribution in [0.15, 0.2) is 52.3 Å². The van der Waals surface area contributed by atoms with Gasteiger partial charge >= 0.3 is 11.9 Å². The minimum absolute atomic E-state index is 0.0262. The molecule has 23 nitrogen and oxygen atoms in total. The molecule has 83 heavy (non-hydrogen) atoms. The summed E-state index contributed by atoms with van der Waals surface area (Å²) in [5.41, 5.74) is 11.5. The number of carbonyl (C=O) groups is 7. The van der Waals surface area contributed by atoms with Crippen LogP contribution in [0.3, 0.4) is 0 Å². The maximum absolute atomic E-state index is 16.0. The molecule has 2 amide bonds. The Labute approximate surface area is 477 Å². The van der Waals surface area contributed by atoms with E-state index in [9.17, 15) is 54.0 Å². The Morgan fingerprint density at radius 1 is 0.916 bits per heavy atom. The van der Waals surface area contributed by atoms with Gasteiger partial charge in [-0.15, -0.1) is 0 Å². The zero-order chi connectivity index (χ0) is 60.3. The highest BCUT2D eigenvalue weighted by Gasteiger charge is 2.53. The molecule has 2 aliphatic carbocycles. The normalized spacial score (nSPS) is 28.7. The van der Waals surface area contributed by atoms with Gasteiger partial charge in [-0.05, 0) is 88.3 Å². The van der Waals surface area contributed by atoms with Crippen molar-refractivity contribution in [2.45, 2.75) is 135 Å². The number of aromatic hydroxyl groups is 1. The van der Waals surface area contributed by atoms with Gasteiger partial charge in [0.15, 0.2) is 5.82 Å². The number of nitrogens with zero attached hydrogens (tertiary/aromatic N) is 3. The highest BCUT2D eigenvalue weighted by molar-refractivity contribution is 6.32. The number of likely N-dealkylation sites (tertiary alicyclic amines) is 1. The van der Waals surface area contributed by atoms with E-state index >= 15 is 9.18 Å². The first-order valence-corrected chi connectivity index (χ1v) is 28.0. The van der Waals surface area contributed by atoms with Gasteiger partial charge in [-0.3, -0.25) is 38.0 Å². The van der Waals surface area contributed by atoms with Crippen LogP contribution in [0.25, 0.3) is 5.52 Å². The number of aliphatic hydroxyl groups is 2. The number of nitrogens with two attached hydrogens (primary N) is 2. The fourth-order valence-electron chi connectivity index (χ4n) is 12.2. The zero-order valence-corrected chi connectivity index (χ0v) is 47.4. The van der Waals surface area contributed by atoms with Crippen molar-refractivity contribution in [3.63, 3.8) is 0 Å². The molecule has 5 aliphatic heterocycles. The third-order valence-corrected chi connectivity index (χ3v) is 17.2. The van der Waals surface area contributed by atoms with E-state index in [2.05, 4.69) is 10.6 Å². The number of aromatic nitrogens is 1. The number of pyridine rings is 2. The van der Waals surface area contributed by atoms with E-state index in [0.717, 1.165) is 30.4 Å². The number of rotatable bonds is 9. The number of carboxylic acids is 1. The van der Waals surface area contributed by atoms with E-state index in [1.165, 1.54) is 52.2 Å². The summed E-state index contributed by atoms with van der Waals surface area (Å²) in [6, 6.07) is -1.26. The molecule has 3 aromatic rings. The van der Waals surface area contributed by atoms with E-state index < -0.39 is 129 Å². The number of benzene rings is 1. The van der Waals surface area contributed by atoms with Crippen molar-refractivity contribution in [1.82, 2.24) is 19.9 Å². The summed E-state index contributed by atoms with van der Waals surface area (Å²) < 4.78 is 40.6. The van der Waals surface area contributed by atoms with Crippen LogP contribution >= 0.6 is 0 Å². The number of allylic oxidation sites excluding steroid dienone is 4. The highest BCUT2D eigenvalue weighted by Crippen LogP contribution is 2.49. The molecule has 2 saturated heterocycles. The SMILES string of the molecule is CO[C@H]1CCO[C@@]2(C)Oc3c(C)c(O)c4c(c3C2=O)C(=O)C(N2CCC(C(=O)NCC3CCN(c5c(F)cn6c(=O)c(C(=O)O)cc(C7CC7)c6c5C)C3)CC2)=C(NC(=O)/C(C)=C\C=C\[C@H](C)[C@H](O)[C@@H](N)[C@@H](O)[C@@H](N)[C@H](OC(C)=O)C1)C4=O. The number of anilines is 1. The van der Waals surface area contributed by atoms with Crippen molar-refractivity contribution >= 4 is 52.3 Å². The number of aryl methyl sites for hydroxylation is 1. The van der Waals surface area contributed by atoms with E-state index in [0.29, 0.717) is 41.8 Å². The number of ether oxygens (including phenoxy) is 4. The van der Waals surface area contributed by atoms with Crippen molar-refractivity contribution in [1.29, 1.82) is 0 Å². The van der Waals surface area contributed by atoms with Crippen molar-refractivity contribution in [3.05, 3.63) is 103 Å². The summed E-state index contributed by atoms with van der Waals surface area (Å²) in [6.07, 6.45) is 3.01. The van der Waals surface area contributed by atoms with E-state index in [1.807, 2.05) is 4.90 Å². The van der Waals surface area contributed by atoms with Crippen LogP contribution in [-0.4, -0.2) is 160 Å². The molecule has 1 saturated carbocycles. The number of methoxy groups -OCH3 is 1. The minimum atomic E-state index is -2.12. The minimum Gasteiger partial charge on any atom is -0.507 e. The number of fused-ring (bicyclic) bond motifs is 16. The predicted octanol–water partition coefficient (Wildman–Crippen LogP) is 2.96. The average molecular weight is 1150 g/mol. The molecule has 24 heteroatoms. The summed E-state index contributed by atoms with van der Waals surface area (Å²) in [5, 5.41) is 49.7. The van der Waals surface area contributed by atoms with Gasteiger partial charge < -0.3 is 71.3 Å². The van der Waals surface area contributed by atoms with Crippen LogP contribution in [0.5, 0.6) is 11.5 Å². The number of phenolic OH excluding ortho intramolecular Hbond substituents is 1. The number of Topliss-reactive ketones (excluding diaryl/α,β-unsaturated/α-hetero) is 3. The fraction of sp³-hybridized carbons (Fsp3) is 0.525. The Balaban J connectivity index is 0.961. The Hall–Kier alpha value is -7.35. The number of ketones is 3. The Morgan fingerprint density at radius 3 is 2.25 bits per heavy atom. The standard InChI is InChI=1S/C59H72FN7O16/c1-26-9-8-10-27(2)55(75)64-44-47(65-18-14-33(15-19-65)56(76)63-23-31-13-17-66(24-31)46-28(3)45-35(32-11-12-32)22-36(58(78)79)57(77)67(45)25-37(46)60)51(72)39-40(50(44)71)49(70)29(4)53-41(39)54(74)59(6,83-53)81-20-16-34(80-7)21-38(82-30(5)68)42(61)52(73)43(62)48(26)69/h8-10,22,25-26,31-34,38,42-43,48,52,69-70,73H,11-21,23-24,61-62H2,1-7H3,(H,63,76)(H,64,75)(H,78,79)/b9-8+,27-10-/t26-,31?,34-,38+,42-,43+,48-,52-,59-/m0/s1. The molecular formula is C59H72FN7O16. The molecule has 0 spiro atoms. The molecule has 5 bridgehead atoms. The smallest absolute Gasteiger partial charge is 0.341 e. The summed E-state index contributed by atoms with van der Waals surface area (Å²) in [6.45, 7) is 9.54. The maximum atomic E-state index is 16.0. The summed E-state index contributed by atoms with van der Waals surface area (Å²) >= 11 is 0. The van der Waals surface area contributed by atoms with Gasteiger partial charge in [-0.2, -0.15) is 0 Å². The predicted molar refractivity (Wildman–Crippen MR) is 297 cm³/mol. The monoisotopic (exact) mass is 1150 g/mol. The van der Waals surface area contributed by atoms with E-state index in [1.54, 1.807) is 18.7 Å². The van der Waals surface area contributed by atoms with Crippen molar-refractivity contribution in [3.8, 4) is 11.5 Å². The maximum Gasteiger partial charge on any atom is 0.341 e. The van der Waals surface area contributed by atoms with Gasteiger partial charge in [-0.25, -0.2) is 9.18 Å². The molecule has 10 rings (SSSR count). The Morgan fingerprint density at radius 2 is 1.60 bits per heavy atom. The Bertz CT molecular complexity index is 3360. The van der Waals surface area contributed by atoms with E-state index in [4.69, 9.17) is 30.4 Å². The average Bonchev–Trinajstić information content (AvgIpc) is 2.82. The number of halogens is 1. The van der Waals surface area contributed by atoms with Crippen molar-refractivity contribution < 1.29 is 77.3 Å². The Kier molecular flexibility index (Phi) is 17.2. The second-order valence-corrected chi connectivity index (χ2v) is 22.9. The molecule has 3 fully saturated rings. The zero-order valence-electron chi connectivity index (χ0n) is 47.4. The number of esters is 1. The molecule has 2 aromatic heterocycles. The van der Waals surface area contributed by atoms with Crippen molar-refractivity contribution in [2.75, 3.05) is 51.3 Å². The number of amides is 2. The first-order chi connectivity index (χ1) is 39.3. The lowest BCUT2D eigenvalue weighted by Gasteiger charge is -2.37. The van der Waals surface area contributed by atoms with Gasteiger partial charge in [0.05, 0.1) is 71.1 Å². The van der Waals surface area contributed by atoms with Gasteiger partial charge in [0.1, 0.15) is 34.6 Å². The number of aliphatic hydroxyl groups excluding tert-OH is 2. The van der Waals surface area contributed by atoms with Crippen LogP contribution in [0.4, 0.5) is 10.1 Å². The van der Waals surface area contributed by atoms with Crippen LogP contribution in [0, 0.1) is 37.4 Å². The first kappa shape index (κ1) is 60.2. The molecule has 7 heterocycles. The second-order valence-electron chi connectivity index (χ2n) is 22.9. The molecule has 7 aliphatic rings.